The van der Waals surface area contributed by atoms with Crippen LogP contribution in [0.5, 0.6) is 0 Å². The van der Waals surface area contributed by atoms with Crippen LogP contribution >= 0.6 is 55.1 Å². The second-order valence-electron chi connectivity index (χ2n) is 7.42. The molecule has 0 fully saturated rings. The quantitative estimate of drug-likeness (QED) is 0.220. The zero-order valence-corrected chi connectivity index (χ0v) is 21.5. The zero-order chi connectivity index (χ0) is 22.7. The Balaban J connectivity index is 1.92. The van der Waals surface area contributed by atoms with Crippen LogP contribution in [0.1, 0.15) is 34.1 Å². The van der Waals surface area contributed by atoms with Gasteiger partial charge in [0.15, 0.2) is 5.78 Å². The normalized spacial score (nSPS) is 12.9. The summed E-state index contributed by atoms with van der Waals surface area (Å²) in [6.07, 6.45) is 0. The van der Waals surface area contributed by atoms with Crippen LogP contribution in [0.4, 0.5) is 0 Å². The van der Waals surface area contributed by atoms with E-state index >= 15 is 0 Å². The molecule has 0 amide bonds. The topological polar surface area (TPSA) is 17.1 Å². The predicted octanol–water partition coefficient (Wildman–Crippen LogP) is 9.05. The second-order valence-corrected chi connectivity index (χ2v) is 10.1. The summed E-state index contributed by atoms with van der Waals surface area (Å²) in [6.45, 7) is 0. The highest BCUT2D eigenvalue weighted by Crippen LogP contribution is 2.41. The minimum Gasteiger partial charge on any atom is -0.298 e. The monoisotopic (exact) mass is 586 g/mol. The third-order valence-corrected chi connectivity index (χ3v) is 7.02. The molecule has 32 heavy (non-hydrogen) atoms. The number of halogens is 4. The molecule has 4 rings (SSSR count). The number of benzene rings is 4. The highest BCUT2D eigenvalue weighted by Gasteiger charge is 2.34. The van der Waals surface area contributed by atoms with Gasteiger partial charge in [-0.15, -0.1) is 0 Å². The van der Waals surface area contributed by atoms with Gasteiger partial charge >= 0.3 is 0 Å². The van der Waals surface area contributed by atoms with Gasteiger partial charge < -0.3 is 0 Å². The predicted molar refractivity (Wildman–Crippen MR) is 140 cm³/mol. The summed E-state index contributed by atoms with van der Waals surface area (Å²) in [4.78, 5) is 14.4. The summed E-state index contributed by atoms with van der Waals surface area (Å²) in [7, 11) is 0. The van der Waals surface area contributed by atoms with Crippen molar-refractivity contribution < 1.29 is 4.79 Å². The number of hydrogen-bond donors (Lipinski definition) is 0. The number of Topliss-reactive ketones (excluding diaryl/α,β-unsaturated/α-hetero) is 1. The van der Waals surface area contributed by atoms with Crippen LogP contribution in [0, 0.1) is 0 Å². The molecule has 0 bridgehead atoms. The van der Waals surface area contributed by atoms with Crippen LogP contribution in [0.15, 0.2) is 106 Å². The lowest BCUT2D eigenvalue weighted by Crippen LogP contribution is -2.23. The molecular weight excluding hydrogens is 571 g/mol. The second kappa shape index (κ2) is 10.4. The Kier molecular flexibility index (Phi) is 7.52. The summed E-state index contributed by atoms with van der Waals surface area (Å²) in [5, 5.41) is 1.07. The first-order chi connectivity index (χ1) is 15.5. The van der Waals surface area contributed by atoms with Gasteiger partial charge in [-0.3, -0.25) is 4.79 Å². The van der Waals surface area contributed by atoms with Gasteiger partial charge in [-0.2, -0.15) is 0 Å². The lowest BCUT2D eigenvalue weighted by atomic mass is 9.77. The molecule has 2 atom stereocenters. The van der Waals surface area contributed by atoms with Gasteiger partial charge in [0.25, 0.3) is 0 Å². The van der Waals surface area contributed by atoms with Crippen molar-refractivity contribution in [2.24, 2.45) is 0 Å². The number of carbonyl (C=O) groups excluding carboxylic acids is 1. The van der Waals surface area contributed by atoms with E-state index in [9.17, 15) is 4.79 Å². The first-order valence-electron chi connectivity index (χ1n) is 9.99. The third kappa shape index (κ3) is 5.02. The fourth-order valence-corrected chi connectivity index (χ4v) is 5.49. The van der Waals surface area contributed by atoms with Crippen molar-refractivity contribution in [3.63, 3.8) is 0 Å². The van der Waals surface area contributed by atoms with Crippen LogP contribution < -0.4 is 0 Å². The molecule has 1 nitrogen and oxygen atoms in total. The van der Waals surface area contributed by atoms with Crippen molar-refractivity contribution in [2.45, 2.75) is 11.8 Å². The Labute approximate surface area is 214 Å². The van der Waals surface area contributed by atoms with E-state index in [1.165, 1.54) is 0 Å². The fourth-order valence-electron chi connectivity index (χ4n) is 3.92. The largest absolute Gasteiger partial charge is 0.298 e. The van der Waals surface area contributed by atoms with E-state index in [0.717, 1.165) is 31.2 Å². The van der Waals surface area contributed by atoms with Crippen LogP contribution in [0.2, 0.25) is 10.0 Å². The summed E-state index contributed by atoms with van der Waals surface area (Å²) in [5.41, 5.74) is 3.30. The minimum absolute atomic E-state index is 0.0100. The van der Waals surface area contributed by atoms with E-state index < -0.39 is 11.8 Å². The molecule has 0 aliphatic rings. The maximum absolute atomic E-state index is 14.4. The fraction of sp³-hybridized carbons (Fsp3) is 0.0741. The molecule has 0 spiro atoms. The lowest BCUT2D eigenvalue weighted by molar-refractivity contribution is -0.120. The molecule has 4 aromatic carbocycles. The van der Waals surface area contributed by atoms with E-state index in [2.05, 4.69) is 31.9 Å². The van der Waals surface area contributed by atoms with Crippen molar-refractivity contribution in [1.29, 1.82) is 0 Å². The average Bonchev–Trinajstić information content (AvgIpc) is 2.79. The van der Waals surface area contributed by atoms with E-state index in [1.807, 2.05) is 97.1 Å². The van der Waals surface area contributed by atoms with E-state index in [-0.39, 0.29) is 5.78 Å². The number of rotatable bonds is 6. The van der Waals surface area contributed by atoms with Crippen molar-refractivity contribution in [1.82, 2.24) is 0 Å². The molecule has 4 aromatic rings. The summed E-state index contributed by atoms with van der Waals surface area (Å²) < 4.78 is 1.72. The molecule has 0 radical (unpaired) electrons. The molecule has 0 aliphatic carbocycles. The van der Waals surface area contributed by atoms with Gasteiger partial charge in [-0.25, -0.2) is 0 Å². The Morgan fingerprint density at radius 1 is 0.594 bits per heavy atom. The molecule has 0 aliphatic heterocycles. The van der Waals surface area contributed by atoms with Gasteiger partial charge in [0.1, 0.15) is 0 Å². The van der Waals surface area contributed by atoms with E-state index in [1.54, 1.807) is 0 Å². The van der Waals surface area contributed by atoms with Crippen molar-refractivity contribution in [3.8, 4) is 0 Å². The van der Waals surface area contributed by atoms with E-state index in [0.29, 0.717) is 10.0 Å². The molecule has 0 saturated carbocycles. The molecule has 0 N–H and O–H groups in total. The van der Waals surface area contributed by atoms with Gasteiger partial charge in [0.05, 0.1) is 11.8 Å². The van der Waals surface area contributed by atoms with Crippen molar-refractivity contribution in [3.05, 3.63) is 138 Å². The molecule has 5 heteroatoms. The molecule has 0 saturated heterocycles. The van der Waals surface area contributed by atoms with Gasteiger partial charge in [-0.05, 0) is 46.5 Å². The first-order valence-corrected chi connectivity index (χ1v) is 12.3. The standard InChI is InChI=1S/C27H18Br2Cl2O/c28-19-11-13-21(23(30)15-19)25(17-7-3-1-4-8-17)27(32)26(18-9-5-2-6-10-18)22-14-12-20(29)16-24(22)31/h1-16,25-26H. The number of carbonyl (C=O) groups is 1. The van der Waals surface area contributed by atoms with Crippen molar-refractivity contribution >= 4 is 60.8 Å². The van der Waals surface area contributed by atoms with Crippen molar-refractivity contribution in [2.75, 3.05) is 0 Å². The Morgan fingerprint density at radius 2 is 0.969 bits per heavy atom. The summed E-state index contributed by atoms with van der Waals surface area (Å²) in [6, 6.07) is 30.8. The molecular formula is C27H18Br2Cl2O. The smallest absolute Gasteiger partial charge is 0.156 e. The zero-order valence-electron chi connectivity index (χ0n) is 16.8. The van der Waals surface area contributed by atoms with Crippen LogP contribution in [-0.2, 0) is 4.79 Å². The Morgan fingerprint density at radius 3 is 1.31 bits per heavy atom. The van der Waals surface area contributed by atoms with Crippen LogP contribution in [0.25, 0.3) is 0 Å². The van der Waals surface area contributed by atoms with Gasteiger partial charge in [-0.1, -0.05) is 128 Å². The van der Waals surface area contributed by atoms with Gasteiger partial charge in [0.2, 0.25) is 0 Å². The summed E-state index contributed by atoms with van der Waals surface area (Å²) >= 11 is 20.2. The first kappa shape index (κ1) is 23.3. The van der Waals surface area contributed by atoms with Crippen LogP contribution in [0.3, 0.4) is 0 Å². The van der Waals surface area contributed by atoms with Crippen LogP contribution in [-0.4, -0.2) is 5.78 Å². The molecule has 2 unspecified atom stereocenters. The third-order valence-electron chi connectivity index (χ3n) is 5.38. The Hall–Kier alpha value is -1.91. The summed E-state index contributed by atoms with van der Waals surface area (Å²) in [5.74, 6) is -1.10. The number of ketones is 1. The SMILES string of the molecule is O=C(C(c1ccccc1)c1ccc(Br)cc1Cl)C(c1ccccc1)c1ccc(Br)cc1Cl. The maximum atomic E-state index is 14.4. The average molecular weight is 589 g/mol. The lowest BCUT2D eigenvalue weighted by Gasteiger charge is -2.26. The van der Waals surface area contributed by atoms with E-state index in [4.69, 9.17) is 23.2 Å². The minimum atomic E-state index is -0.554. The highest BCUT2D eigenvalue weighted by molar-refractivity contribution is 9.10. The molecule has 160 valence electrons. The molecule has 0 aromatic heterocycles. The maximum Gasteiger partial charge on any atom is 0.156 e. The molecule has 0 heterocycles. The Bertz CT molecular complexity index is 1150. The van der Waals surface area contributed by atoms with Gasteiger partial charge in [0, 0.05) is 19.0 Å². The highest BCUT2D eigenvalue weighted by atomic mass is 79.9. The number of hydrogen-bond acceptors (Lipinski definition) is 1.